The van der Waals surface area contributed by atoms with Gasteiger partial charge < -0.3 is 9.64 Å². The minimum Gasteiger partial charge on any atom is -0.481 e. The van der Waals surface area contributed by atoms with Gasteiger partial charge in [-0.05, 0) is 25.6 Å². The van der Waals surface area contributed by atoms with Crippen LogP contribution in [0.5, 0.6) is 5.88 Å². The van der Waals surface area contributed by atoms with E-state index >= 15 is 8.78 Å². The topological polar surface area (TPSA) is 65.2 Å². The third-order valence-electron chi connectivity index (χ3n) is 6.32. The number of benzene rings is 1. The van der Waals surface area contributed by atoms with Crippen LogP contribution < -0.4 is 10.4 Å². The summed E-state index contributed by atoms with van der Waals surface area (Å²) in [6, 6.07) is 4.75. The number of imidazole rings is 1. The number of nitrogens with zero attached hydrogens (tertiary/aromatic N) is 5. The molecule has 1 aliphatic rings. The average molecular weight is 457 g/mol. The molecule has 0 bridgehead atoms. The molecule has 1 atom stereocenters. The van der Waals surface area contributed by atoms with Crippen molar-refractivity contribution < 1.29 is 17.9 Å². The van der Waals surface area contributed by atoms with Gasteiger partial charge in [-0.15, -0.1) is 0 Å². The predicted octanol–water partition coefficient (Wildman–Crippen LogP) is 3.61. The van der Waals surface area contributed by atoms with Gasteiger partial charge in [0.25, 0.3) is 5.92 Å². The molecule has 0 N–H and O–H groups in total. The van der Waals surface area contributed by atoms with Gasteiger partial charge in [0.2, 0.25) is 5.88 Å². The lowest BCUT2D eigenvalue weighted by molar-refractivity contribution is -0.0977. The molecular formula is C23H22F3N5O2. The summed E-state index contributed by atoms with van der Waals surface area (Å²) in [4.78, 5) is 23.1. The van der Waals surface area contributed by atoms with Gasteiger partial charge in [-0.25, -0.2) is 22.9 Å². The number of pyridine rings is 2. The molecule has 1 aliphatic heterocycles. The fraction of sp³-hybridized carbons (Fsp3) is 0.348. The lowest BCUT2D eigenvalue weighted by atomic mass is 9.99. The van der Waals surface area contributed by atoms with Gasteiger partial charge in [-0.2, -0.15) is 0 Å². The number of fused-ring (bicyclic) bond motifs is 3. The Hall–Kier alpha value is -3.40. The molecule has 10 heteroatoms. The van der Waals surface area contributed by atoms with E-state index in [1.807, 2.05) is 0 Å². The molecule has 172 valence electrons. The molecule has 7 nitrogen and oxygen atoms in total. The zero-order chi connectivity index (χ0) is 23.5. The van der Waals surface area contributed by atoms with E-state index < -0.39 is 30.0 Å². The molecule has 4 aromatic rings. The van der Waals surface area contributed by atoms with E-state index in [2.05, 4.69) is 9.97 Å². The fourth-order valence-corrected chi connectivity index (χ4v) is 4.63. The zero-order valence-corrected chi connectivity index (χ0v) is 18.3. The Morgan fingerprint density at radius 2 is 1.94 bits per heavy atom. The van der Waals surface area contributed by atoms with Gasteiger partial charge in [0.05, 0.1) is 36.4 Å². The van der Waals surface area contributed by atoms with Crippen molar-refractivity contribution in [1.82, 2.24) is 24.0 Å². The minimum absolute atomic E-state index is 0.114. The number of rotatable bonds is 3. The maximum atomic E-state index is 15.1. The second kappa shape index (κ2) is 7.58. The first-order chi connectivity index (χ1) is 15.7. The van der Waals surface area contributed by atoms with Gasteiger partial charge in [0.15, 0.2) is 0 Å². The van der Waals surface area contributed by atoms with Gasteiger partial charge in [0, 0.05) is 48.4 Å². The molecule has 33 heavy (non-hydrogen) atoms. The van der Waals surface area contributed by atoms with Crippen LogP contribution in [0, 0.1) is 5.82 Å². The number of aryl methyl sites for hydroxylation is 1. The summed E-state index contributed by atoms with van der Waals surface area (Å²) in [5.74, 6) is -3.26. The Kier molecular flexibility index (Phi) is 4.93. The molecule has 0 unspecified atom stereocenters. The molecule has 1 saturated heterocycles. The number of ether oxygens (including phenoxy) is 1. The molecule has 1 aromatic carbocycles. The summed E-state index contributed by atoms with van der Waals surface area (Å²) in [5, 5.41) is 0.423. The number of halogens is 3. The Labute approximate surface area is 187 Å². The predicted molar refractivity (Wildman–Crippen MR) is 118 cm³/mol. The Bertz CT molecular complexity index is 1430. The van der Waals surface area contributed by atoms with Crippen molar-refractivity contribution in [2.75, 3.05) is 27.2 Å². The van der Waals surface area contributed by atoms with Crippen molar-refractivity contribution in [1.29, 1.82) is 0 Å². The van der Waals surface area contributed by atoms with Crippen molar-refractivity contribution in [2.45, 2.75) is 18.4 Å². The van der Waals surface area contributed by atoms with Crippen molar-refractivity contribution in [2.24, 2.45) is 7.05 Å². The highest BCUT2D eigenvalue weighted by Crippen LogP contribution is 2.39. The number of hydrogen-bond acceptors (Lipinski definition) is 5. The van der Waals surface area contributed by atoms with Crippen LogP contribution >= 0.6 is 0 Å². The molecule has 0 saturated carbocycles. The van der Waals surface area contributed by atoms with Gasteiger partial charge in [-0.3, -0.25) is 14.1 Å². The largest absolute Gasteiger partial charge is 0.481 e. The third-order valence-corrected chi connectivity index (χ3v) is 6.32. The van der Waals surface area contributed by atoms with Crippen LogP contribution in [0.2, 0.25) is 0 Å². The van der Waals surface area contributed by atoms with E-state index in [1.165, 1.54) is 41.8 Å². The van der Waals surface area contributed by atoms with E-state index in [0.717, 1.165) is 0 Å². The molecule has 0 aliphatic carbocycles. The Balaban J connectivity index is 1.80. The summed E-state index contributed by atoms with van der Waals surface area (Å²) >= 11 is 0. The molecule has 5 rings (SSSR count). The summed E-state index contributed by atoms with van der Waals surface area (Å²) in [5.41, 5.74) is 1.18. The molecule has 1 fully saturated rings. The molecule has 0 spiro atoms. The lowest BCUT2D eigenvalue weighted by Crippen LogP contribution is -2.49. The standard InChI is InChI=1S/C23H22F3N5O2/c1-29-7-6-19(23(25,26)12-29)31-21-15-8-14(13-4-5-20(33-3)28-10-13)16(24)9-17(15)27-11-18(21)30(2)22(31)32/h4-5,8-11,19H,6-7,12H2,1-3H3/t19-/m1/s1. The second-order valence-corrected chi connectivity index (χ2v) is 8.45. The number of piperidine rings is 1. The molecule has 4 heterocycles. The van der Waals surface area contributed by atoms with E-state index in [1.54, 1.807) is 30.1 Å². The van der Waals surface area contributed by atoms with Crippen LogP contribution in [0.1, 0.15) is 12.5 Å². The maximum Gasteiger partial charge on any atom is 0.329 e. The average Bonchev–Trinajstić information content (AvgIpc) is 3.03. The number of likely N-dealkylation sites (tertiary alicyclic amines) is 1. The van der Waals surface area contributed by atoms with E-state index in [-0.39, 0.29) is 17.5 Å². The first kappa shape index (κ1) is 21.4. The molecule has 0 radical (unpaired) electrons. The lowest BCUT2D eigenvalue weighted by Gasteiger charge is -2.37. The highest BCUT2D eigenvalue weighted by atomic mass is 19.3. The van der Waals surface area contributed by atoms with E-state index in [4.69, 9.17) is 4.74 Å². The quantitative estimate of drug-likeness (QED) is 0.470. The number of methoxy groups -OCH3 is 1. The first-order valence-electron chi connectivity index (χ1n) is 10.5. The number of alkyl halides is 2. The normalized spacial score (nSPS) is 18.8. The Morgan fingerprint density at radius 3 is 2.61 bits per heavy atom. The number of aromatic nitrogens is 4. The third kappa shape index (κ3) is 3.36. The monoisotopic (exact) mass is 457 g/mol. The molecule has 0 amide bonds. The molecule has 3 aromatic heterocycles. The van der Waals surface area contributed by atoms with Crippen molar-refractivity contribution in [3.63, 3.8) is 0 Å². The fourth-order valence-electron chi connectivity index (χ4n) is 4.63. The van der Waals surface area contributed by atoms with Crippen LogP contribution in [0.4, 0.5) is 13.2 Å². The first-order valence-corrected chi connectivity index (χ1v) is 10.5. The summed E-state index contributed by atoms with van der Waals surface area (Å²) in [6.45, 7) is -0.00952. The highest BCUT2D eigenvalue weighted by molar-refractivity contribution is 6.04. The smallest absolute Gasteiger partial charge is 0.329 e. The number of hydrogen-bond donors (Lipinski definition) is 0. The summed E-state index contributed by atoms with van der Waals surface area (Å²) in [6.07, 6.45) is 3.01. The van der Waals surface area contributed by atoms with E-state index in [0.29, 0.717) is 34.4 Å². The van der Waals surface area contributed by atoms with E-state index in [9.17, 15) is 9.18 Å². The van der Waals surface area contributed by atoms with Crippen LogP contribution in [0.25, 0.3) is 33.1 Å². The maximum absolute atomic E-state index is 15.1. The SMILES string of the molecule is COc1ccc(-c2cc3c(cc2F)ncc2c3n([C@@H]3CCN(C)CC3(F)F)c(=O)n2C)cn1. The van der Waals surface area contributed by atoms with Crippen LogP contribution in [-0.4, -0.2) is 57.2 Å². The van der Waals surface area contributed by atoms with Crippen LogP contribution in [-0.2, 0) is 7.05 Å². The van der Waals surface area contributed by atoms with Crippen LogP contribution in [0.3, 0.4) is 0 Å². The van der Waals surface area contributed by atoms with Crippen molar-refractivity contribution >= 4 is 21.9 Å². The summed E-state index contributed by atoms with van der Waals surface area (Å²) in [7, 11) is 4.64. The van der Waals surface area contributed by atoms with Gasteiger partial charge in [0.1, 0.15) is 11.9 Å². The van der Waals surface area contributed by atoms with Gasteiger partial charge >= 0.3 is 5.69 Å². The zero-order valence-electron chi connectivity index (χ0n) is 18.3. The Morgan fingerprint density at radius 1 is 1.15 bits per heavy atom. The second-order valence-electron chi connectivity index (χ2n) is 8.45. The van der Waals surface area contributed by atoms with Crippen molar-refractivity contribution in [3.05, 3.63) is 53.0 Å². The highest BCUT2D eigenvalue weighted by Gasteiger charge is 2.46. The minimum atomic E-state index is -3.11. The molecular weight excluding hydrogens is 435 g/mol. The van der Waals surface area contributed by atoms with Crippen molar-refractivity contribution in [3.8, 4) is 17.0 Å². The van der Waals surface area contributed by atoms with Crippen LogP contribution in [0.15, 0.2) is 41.5 Å². The summed E-state index contributed by atoms with van der Waals surface area (Å²) < 4.78 is 52.7. The van der Waals surface area contributed by atoms with Gasteiger partial charge in [-0.1, -0.05) is 0 Å².